The first-order chi connectivity index (χ1) is 15.6. The normalized spacial score (nSPS) is 12.2. The van der Waals surface area contributed by atoms with Crippen LogP contribution in [0.15, 0.2) is 42.5 Å². The number of unbranched alkanes of at least 4 members (excludes halogenated alkanes) is 2. The topological polar surface area (TPSA) is 82.1 Å². The van der Waals surface area contributed by atoms with Crippen LogP contribution in [0.25, 0.3) is 0 Å². The van der Waals surface area contributed by atoms with Crippen molar-refractivity contribution in [1.82, 2.24) is 0 Å². The molecule has 2 rings (SSSR count). The Morgan fingerprint density at radius 3 is 2.30 bits per heavy atom. The monoisotopic (exact) mass is 456 g/mol. The minimum absolute atomic E-state index is 0.150. The maximum atomic E-state index is 12.1. The Hall–Kier alpha value is -2.86. The van der Waals surface area contributed by atoms with Crippen molar-refractivity contribution in [2.75, 3.05) is 14.2 Å². The number of methoxy groups -OCH3 is 2. The van der Waals surface area contributed by atoms with Crippen molar-refractivity contribution in [3.63, 3.8) is 0 Å². The van der Waals surface area contributed by atoms with Gasteiger partial charge in [0.05, 0.1) is 30.9 Å². The van der Waals surface area contributed by atoms with Crippen LogP contribution in [0.4, 0.5) is 0 Å². The molecule has 0 aliphatic heterocycles. The summed E-state index contributed by atoms with van der Waals surface area (Å²) in [7, 11) is 2.54. The molecule has 0 spiro atoms. The molecule has 1 N–H and O–H groups in total. The lowest BCUT2D eigenvalue weighted by Gasteiger charge is -2.17. The number of esters is 2. The number of hydrogen-bond donors (Lipinski definition) is 1. The van der Waals surface area contributed by atoms with E-state index in [0.717, 1.165) is 43.4 Å². The van der Waals surface area contributed by atoms with E-state index >= 15 is 0 Å². The van der Waals surface area contributed by atoms with Crippen molar-refractivity contribution in [3.05, 3.63) is 64.7 Å². The fourth-order valence-corrected chi connectivity index (χ4v) is 3.68. The molecular weight excluding hydrogens is 420 g/mol. The second kappa shape index (κ2) is 12.4. The summed E-state index contributed by atoms with van der Waals surface area (Å²) in [5.41, 5.74) is 1.68. The smallest absolute Gasteiger partial charge is 0.338 e. The van der Waals surface area contributed by atoms with Crippen LogP contribution < -0.4 is 4.74 Å². The second-order valence-electron chi connectivity index (χ2n) is 9.04. The van der Waals surface area contributed by atoms with E-state index < -0.39 is 17.5 Å². The Kier molecular flexibility index (Phi) is 9.92. The summed E-state index contributed by atoms with van der Waals surface area (Å²) >= 11 is 0. The Bertz CT molecular complexity index is 928. The Labute approximate surface area is 196 Å². The van der Waals surface area contributed by atoms with Crippen LogP contribution in [0.5, 0.6) is 5.75 Å². The van der Waals surface area contributed by atoms with E-state index in [9.17, 15) is 14.7 Å². The highest BCUT2D eigenvalue weighted by molar-refractivity contribution is 6.03. The molecule has 1 atom stereocenters. The van der Waals surface area contributed by atoms with Crippen LogP contribution in [0, 0.1) is 0 Å². The molecule has 0 aliphatic rings. The van der Waals surface area contributed by atoms with E-state index in [2.05, 4.69) is 13.0 Å². The van der Waals surface area contributed by atoms with Gasteiger partial charge in [-0.1, -0.05) is 44.4 Å². The molecule has 0 fully saturated rings. The van der Waals surface area contributed by atoms with Gasteiger partial charge in [0.15, 0.2) is 0 Å². The van der Waals surface area contributed by atoms with Gasteiger partial charge in [0.2, 0.25) is 0 Å². The van der Waals surface area contributed by atoms with Crippen LogP contribution >= 0.6 is 0 Å². The van der Waals surface area contributed by atoms with E-state index in [1.54, 1.807) is 18.2 Å². The average Bonchev–Trinajstić information content (AvgIpc) is 2.80. The van der Waals surface area contributed by atoms with Crippen molar-refractivity contribution in [2.24, 2.45) is 0 Å². The molecule has 0 saturated heterocycles. The zero-order valence-electron chi connectivity index (χ0n) is 20.3. The fraction of sp³-hybridized carbons (Fsp3) is 0.481. The SMILES string of the molecule is COC(=O)c1ccc(COc2cccc(C(C)CCCCCC(C)(C)O)c2)cc1C(=O)OC. The number of carbonyl (C=O) groups excluding carboxylic acids is 2. The van der Waals surface area contributed by atoms with Crippen molar-refractivity contribution in [1.29, 1.82) is 0 Å². The summed E-state index contributed by atoms with van der Waals surface area (Å²) in [6.45, 7) is 6.17. The highest BCUT2D eigenvalue weighted by Crippen LogP contribution is 2.26. The van der Waals surface area contributed by atoms with Gasteiger partial charge < -0.3 is 19.3 Å². The third-order valence-corrected chi connectivity index (χ3v) is 5.65. The molecular formula is C27H36O6. The maximum Gasteiger partial charge on any atom is 0.338 e. The summed E-state index contributed by atoms with van der Waals surface area (Å²) in [6.07, 6.45) is 5.15. The molecule has 2 aromatic carbocycles. The lowest BCUT2D eigenvalue weighted by atomic mass is 9.93. The van der Waals surface area contributed by atoms with Gasteiger partial charge in [-0.15, -0.1) is 0 Å². The van der Waals surface area contributed by atoms with Gasteiger partial charge in [-0.25, -0.2) is 9.59 Å². The van der Waals surface area contributed by atoms with Gasteiger partial charge in [-0.3, -0.25) is 0 Å². The number of hydrogen-bond acceptors (Lipinski definition) is 6. The minimum Gasteiger partial charge on any atom is -0.489 e. The number of benzene rings is 2. The molecule has 0 radical (unpaired) electrons. The minimum atomic E-state index is -0.601. The van der Waals surface area contributed by atoms with E-state index in [-0.39, 0.29) is 17.7 Å². The number of rotatable bonds is 12. The molecule has 33 heavy (non-hydrogen) atoms. The Morgan fingerprint density at radius 1 is 0.939 bits per heavy atom. The average molecular weight is 457 g/mol. The predicted octanol–water partition coefficient (Wildman–Crippen LogP) is 5.66. The first-order valence-corrected chi connectivity index (χ1v) is 11.4. The largest absolute Gasteiger partial charge is 0.489 e. The Morgan fingerprint density at radius 2 is 1.64 bits per heavy atom. The van der Waals surface area contributed by atoms with Crippen molar-refractivity contribution in [3.8, 4) is 5.75 Å². The highest BCUT2D eigenvalue weighted by atomic mass is 16.5. The van der Waals surface area contributed by atoms with Gasteiger partial charge in [0.25, 0.3) is 0 Å². The molecule has 2 aromatic rings. The van der Waals surface area contributed by atoms with E-state index in [1.165, 1.54) is 19.8 Å². The second-order valence-corrected chi connectivity index (χ2v) is 9.04. The molecule has 0 bridgehead atoms. The van der Waals surface area contributed by atoms with Crippen LogP contribution in [0.1, 0.15) is 90.6 Å². The van der Waals surface area contributed by atoms with E-state index in [1.807, 2.05) is 32.0 Å². The molecule has 180 valence electrons. The number of aliphatic hydroxyl groups is 1. The van der Waals surface area contributed by atoms with Gasteiger partial charge in [-0.2, -0.15) is 0 Å². The first-order valence-electron chi connectivity index (χ1n) is 11.4. The number of carbonyl (C=O) groups is 2. The summed E-state index contributed by atoms with van der Waals surface area (Å²) in [5.74, 6) is -0.0424. The van der Waals surface area contributed by atoms with E-state index in [4.69, 9.17) is 14.2 Å². The highest BCUT2D eigenvalue weighted by Gasteiger charge is 2.19. The molecule has 1 unspecified atom stereocenters. The van der Waals surface area contributed by atoms with Gasteiger partial charge in [-0.05, 0) is 68.0 Å². The van der Waals surface area contributed by atoms with Gasteiger partial charge in [0, 0.05) is 0 Å². The summed E-state index contributed by atoms with van der Waals surface area (Å²) in [6, 6.07) is 12.9. The molecule has 6 heteroatoms. The molecule has 0 heterocycles. The van der Waals surface area contributed by atoms with Crippen molar-refractivity contribution < 1.29 is 28.9 Å². The fourth-order valence-electron chi connectivity index (χ4n) is 3.68. The zero-order valence-corrected chi connectivity index (χ0v) is 20.3. The third kappa shape index (κ3) is 8.54. The van der Waals surface area contributed by atoms with Gasteiger partial charge in [0.1, 0.15) is 12.4 Å². The number of ether oxygens (including phenoxy) is 3. The first kappa shape index (κ1) is 26.4. The zero-order chi connectivity index (χ0) is 24.4. The molecule has 0 amide bonds. The molecule has 0 aliphatic carbocycles. The van der Waals surface area contributed by atoms with Crippen LogP contribution in [0.3, 0.4) is 0 Å². The molecule has 0 saturated carbocycles. The summed E-state index contributed by atoms with van der Waals surface area (Å²) < 4.78 is 15.5. The molecule has 0 aromatic heterocycles. The molecule has 6 nitrogen and oxygen atoms in total. The predicted molar refractivity (Wildman–Crippen MR) is 128 cm³/mol. The quantitative estimate of drug-likeness (QED) is 0.328. The van der Waals surface area contributed by atoms with Crippen LogP contribution in [0.2, 0.25) is 0 Å². The van der Waals surface area contributed by atoms with Crippen molar-refractivity contribution in [2.45, 2.75) is 71.0 Å². The van der Waals surface area contributed by atoms with E-state index in [0.29, 0.717) is 5.92 Å². The maximum absolute atomic E-state index is 12.1. The lowest BCUT2D eigenvalue weighted by molar-refractivity contribution is 0.0555. The van der Waals surface area contributed by atoms with Crippen molar-refractivity contribution >= 4 is 11.9 Å². The standard InChI is InChI=1S/C27H36O6/c1-19(10-7-6-8-15-27(2,3)30)21-11-9-12-22(17-21)33-18-20-13-14-23(25(28)31-4)24(16-20)26(29)32-5/h9,11-14,16-17,19,30H,6-8,10,15,18H2,1-5H3. The summed E-state index contributed by atoms with van der Waals surface area (Å²) in [5, 5.41) is 9.81. The van der Waals surface area contributed by atoms with Crippen LogP contribution in [-0.2, 0) is 16.1 Å². The lowest BCUT2D eigenvalue weighted by Crippen LogP contribution is -2.17. The Balaban J connectivity index is 1.97. The van der Waals surface area contributed by atoms with Gasteiger partial charge >= 0.3 is 11.9 Å². The third-order valence-electron chi connectivity index (χ3n) is 5.65. The summed E-state index contributed by atoms with van der Waals surface area (Å²) in [4.78, 5) is 24.0. The van der Waals surface area contributed by atoms with Crippen LogP contribution in [-0.4, -0.2) is 36.9 Å².